The number of anilines is 2. The molecule has 1 unspecified atom stereocenters. The molecule has 18 heavy (non-hydrogen) atoms. The lowest BCUT2D eigenvalue weighted by molar-refractivity contribution is 0.100. The third kappa shape index (κ3) is 3.12. The van der Waals surface area contributed by atoms with Crippen LogP contribution in [-0.2, 0) is 0 Å². The summed E-state index contributed by atoms with van der Waals surface area (Å²) in [4.78, 5) is 15.4. The van der Waals surface area contributed by atoms with Crippen molar-refractivity contribution < 1.29 is 4.79 Å². The van der Waals surface area contributed by atoms with E-state index < -0.39 is 5.91 Å². The highest BCUT2D eigenvalue weighted by atomic mass is 16.1. The number of hydrogen-bond donors (Lipinski definition) is 3. The molecule has 0 aromatic carbocycles. The molecule has 1 atom stereocenters. The number of rotatable bonds is 6. The van der Waals surface area contributed by atoms with Crippen molar-refractivity contribution in [2.24, 2.45) is 11.7 Å². The van der Waals surface area contributed by atoms with Crippen molar-refractivity contribution in [2.45, 2.75) is 38.6 Å². The van der Waals surface area contributed by atoms with Crippen molar-refractivity contribution in [1.82, 2.24) is 4.98 Å². The summed E-state index contributed by atoms with van der Waals surface area (Å²) in [6.45, 7) is 2.15. The van der Waals surface area contributed by atoms with E-state index in [4.69, 9.17) is 11.5 Å². The smallest absolute Gasteiger partial charge is 0.250 e. The molecule has 1 fully saturated rings. The van der Waals surface area contributed by atoms with Crippen LogP contribution in [-0.4, -0.2) is 16.9 Å². The van der Waals surface area contributed by atoms with Crippen LogP contribution in [0.25, 0.3) is 0 Å². The van der Waals surface area contributed by atoms with Crippen molar-refractivity contribution in [3.63, 3.8) is 0 Å². The minimum absolute atomic E-state index is 0.322. The van der Waals surface area contributed by atoms with Crippen molar-refractivity contribution in [3.05, 3.63) is 17.8 Å². The number of nitrogens with zero attached hydrogens (tertiary/aromatic N) is 1. The van der Waals surface area contributed by atoms with Crippen LogP contribution in [0.15, 0.2) is 12.3 Å². The molecular formula is C13H20N4O. The van der Waals surface area contributed by atoms with Gasteiger partial charge in [-0.3, -0.25) is 4.79 Å². The maximum atomic E-state index is 11.2. The zero-order valence-electron chi connectivity index (χ0n) is 10.6. The molecular weight excluding hydrogens is 228 g/mol. The number of carbonyl (C=O) groups is 1. The van der Waals surface area contributed by atoms with Gasteiger partial charge < -0.3 is 16.8 Å². The van der Waals surface area contributed by atoms with Crippen LogP contribution < -0.4 is 16.8 Å². The van der Waals surface area contributed by atoms with E-state index in [9.17, 15) is 4.79 Å². The van der Waals surface area contributed by atoms with E-state index in [1.165, 1.54) is 19.0 Å². The Balaban J connectivity index is 2.07. The normalized spacial score (nSPS) is 16.3. The van der Waals surface area contributed by atoms with Crippen molar-refractivity contribution in [2.75, 3.05) is 11.1 Å². The number of nitrogens with two attached hydrogens (primary N) is 2. The summed E-state index contributed by atoms with van der Waals surface area (Å²) >= 11 is 0. The van der Waals surface area contributed by atoms with Crippen LogP contribution in [0.2, 0.25) is 0 Å². The minimum atomic E-state index is -0.520. The molecule has 1 aromatic heterocycles. The van der Waals surface area contributed by atoms with E-state index in [0.29, 0.717) is 23.1 Å². The Morgan fingerprint density at radius 1 is 1.61 bits per heavy atom. The Kier molecular flexibility index (Phi) is 3.69. The van der Waals surface area contributed by atoms with Gasteiger partial charge in [-0.1, -0.05) is 19.8 Å². The van der Waals surface area contributed by atoms with Gasteiger partial charge in [0, 0.05) is 6.04 Å². The highest BCUT2D eigenvalue weighted by Crippen LogP contribution is 2.34. The third-order valence-corrected chi connectivity index (χ3v) is 3.36. The predicted octanol–water partition coefficient (Wildman–Crippen LogP) is 1.75. The average Bonchev–Trinajstić information content (AvgIpc) is 3.14. The molecule has 1 amide bonds. The van der Waals surface area contributed by atoms with Gasteiger partial charge in [-0.15, -0.1) is 0 Å². The van der Waals surface area contributed by atoms with Crippen LogP contribution >= 0.6 is 0 Å². The van der Waals surface area contributed by atoms with Crippen LogP contribution in [0.3, 0.4) is 0 Å². The van der Waals surface area contributed by atoms with Gasteiger partial charge in [-0.05, 0) is 24.8 Å². The van der Waals surface area contributed by atoms with E-state index in [2.05, 4.69) is 17.2 Å². The summed E-state index contributed by atoms with van der Waals surface area (Å²) in [6, 6.07) is 2.03. The van der Waals surface area contributed by atoms with Gasteiger partial charge in [-0.2, -0.15) is 0 Å². The van der Waals surface area contributed by atoms with Gasteiger partial charge in [0.2, 0.25) is 0 Å². The SMILES string of the molecule is CCC(CC1CC1)Nc1cc(C(N)=O)c(N)cn1. The first-order valence-electron chi connectivity index (χ1n) is 6.42. The lowest BCUT2D eigenvalue weighted by Crippen LogP contribution is -2.21. The summed E-state index contributed by atoms with van der Waals surface area (Å²) < 4.78 is 0. The third-order valence-electron chi connectivity index (χ3n) is 3.36. The van der Waals surface area contributed by atoms with Gasteiger partial charge in [0.25, 0.3) is 5.91 Å². The van der Waals surface area contributed by atoms with Crippen LogP contribution in [0, 0.1) is 5.92 Å². The standard InChI is InChI=1S/C13H20N4O/c1-2-9(5-8-3-4-8)17-12-6-10(13(15)18)11(14)7-16-12/h6-9H,2-5,14H2,1H3,(H2,15,18)(H,16,17). The molecule has 0 spiro atoms. The molecule has 0 bridgehead atoms. The first-order valence-corrected chi connectivity index (χ1v) is 6.42. The number of nitrogens with one attached hydrogen (secondary N) is 1. The van der Waals surface area contributed by atoms with Crippen molar-refractivity contribution in [3.8, 4) is 0 Å². The molecule has 0 radical (unpaired) electrons. The summed E-state index contributed by atoms with van der Waals surface area (Å²) in [7, 11) is 0. The molecule has 98 valence electrons. The monoisotopic (exact) mass is 248 g/mol. The molecule has 0 aliphatic heterocycles. The zero-order valence-corrected chi connectivity index (χ0v) is 10.6. The Morgan fingerprint density at radius 3 is 2.89 bits per heavy atom. The maximum Gasteiger partial charge on any atom is 0.250 e. The van der Waals surface area contributed by atoms with Crippen molar-refractivity contribution in [1.29, 1.82) is 0 Å². The predicted molar refractivity (Wildman–Crippen MR) is 72.2 cm³/mol. The second-order valence-corrected chi connectivity index (χ2v) is 4.95. The fraction of sp³-hybridized carbons (Fsp3) is 0.538. The van der Waals surface area contributed by atoms with Gasteiger partial charge >= 0.3 is 0 Å². The number of hydrogen-bond acceptors (Lipinski definition) is 4. The Bertz CT molecular complexity index is 443. The number of nitrogen functional groups attached to an aromatic ring is 1. The summed E-state index contributed by atoms with van der Waals surface area (Å²) in [6.07, 6.45) is 6.34. The Morgan fingerprint density at radius 2 is 2.33 bits per heavy atom. The molecule has 5 heteroatoms. The summed E-state index contributed by atoms with van der Waals surface area (Å²) in [5.41, 5.74) is 11.6. The number of pyridine rings is 1. The van der Waals surface area contributed by atoms with Gasteiger partial charge in [0.15, 0.2) is 0 Å². The fourth-order valence-corrected chi connectivity index (χ4v) is 2.05. The average molecular weight is 248 g/mol. The lowest BCUT2D eigenvalue weighted by Gasteiger charge is -2.17. The van der Waals surface area contributed by atoms with Crippen molar-refractivity contribution >= 4 is 17.4 Å². The van der Waals surface area contributed by atoms with E-state index in [1.54, 1.807) is 6.07 Å². The fourth-order valence-electron chi connectivity index (χ4n) is 2.05. The minimum Gasteiger partial charge on any atom is -0.397 e. The molecule has 1 saturated carbocycles. The van der Waals surface area contributed by atoms with Crippen LogP contribution in [0.1, 0.15) is 43.0 Å². The van der Waals surface area contributed by atoms with Gasteiger partial charge in [0.05, 0.1) is 17.4 Å². The molecule has 0 saturated heterocycles. The van der Waals surface area contributed by atoms with Gasteiger partial charge in [0.1, 0.15) is 5.82 Å². The van der Waals surface area contributed by atoms with E-state index >= 15 is 0 Å². The maximum absolute atomic E-state index is 11.2. The van der Waals surface area contributed by atoms with Gasteiger partial charge in [-0.25, -0.2) is 4.98 Å². The Hall–Kier alpha value is -1.78. The van der Waals surface area contributed by atoms with E-state index in [1.807, 2.05) is 0 Å². The first kappa shape index (κ1) is 12.7. The number of amides is 1. The lowest BCUT2D eigenvalue weighted by atomic mass is 10.1. The topological polar surface area (TPSA) is 94.0 Å². The molecule has 1 aromatic rings. The summed E-state index contributed by atoms with van der Waals surface area (Å²) in [5, 5.41) is 3.35. The quantitative estimate of drug-likeness (QED) is 0.715. The number of carbonyl (C=O) groups excluding carboxylic acids is 1. The highest BCUT2D eigenvalue weighted by molar-refractivity contribution is 5.98. The van der Waals surface area contributed by atoms with E-state index in [0.717, 1.165) is 18.8 Å². The molecule has 2 rings (SSSR count). The zero-order chi connectivity index (χ0) is 13.1. The highest BCUT2D eigenvalue weighted by Gasteiger charge is 2.24. The second-order valence-electron chi connectivity index (χ2n) is 4.95. The Labute approximate surface area is 107 Å². The first-order chi connectivity index (χ1) is 8.60. The molecule has 1 heterocycles. The second kappa shape index (κ2) is 5.25. The molecule has 1 aliphatic rings. The largest absolute Gasteiger partial charge is 0.397 e. The van der Waals surface area contributed by atoms with E-state index in [-0.39, 0.29) is 0 Å². The summed E-state index contributed by atoms with van der Waals surface area (Å²) in [5.74, 6) is 1.01. The molecule has 1 aliphatic carbocycles. The number of primary amides is 1. The molecule has 5 N–H and O–H groups in total. The van der Waals surface area contributed by atoms with Crippen LogP contribution in [0.4, 0.5) is 11.5 Å². The van der Waals surface area contributed by atoms with Crippen LogP contribution in [0.5, 0.6) is 0 Å². The number of aromatic nitrogens is 1. The molecule has 5 nitrogen and oxygen atoms in total.